The third-order valence-corrected chi connectivity index (χ3v) is 7.06. The Hall–Kier alpha value is -1.22. The summed E-state index contributed by atoms with van der Waals surface area (Å²) in [6.07, 6.45) is 5.99. The SMILES string of the molecule is C=CC[Si](CC=C)(CC=C)C(=O)CC=O. The zero-order valence-corrected chi connectivity index (χ0v) is 10.1. The highest BCUT2D eigenvalue weighted by Crippen LogP contribution is 2.24. The molecule has 0 saturated heterocycles. The van der Waals surface area contributed by atoms with Gasteiger partial charge >= 0.3 is 0 Å². The Morgan fingerprint density at radius 1 is 1.00 bits per heavy atom. The maximum atomic E-state index is 11.9. The third kappa shape index (κ3) is 3.79. The molecule has 0 saturated carbocycles. The van der Waals surface area contributed by atoms with Crippen LogP contribution < -0.4 is 0 Å². The fraction of sp³-hybridized carbons (Fsp3) is 0.333. The second-order valence-corrected chi connectivity index (χ2v) is 7.90. The van der Waals surface area contributed by atoms with E-state index in [-0.39, 0.29) is 11.8 Å². The van der Waals surface area contributed by atoms with Crippen molar-refractivity contribution >= 4 is 19.8 Å². The van der Waals surface area contributed by atoms with E-state index in [2.05, 4.69) is 19.7 Å². The van der Waals surface area contributed by atoms with Gasteiger partial charge in [0.25, 0.3) is 0 Å². The van der Waals surface area contributed by atoms with Crippen LogP contribution in [0.2, 0.25) is 18.1 Å². The summed E-state index contributed by atoms with van der Waals surface area (Å²) in [5, 5.41) is 0.0807. The van der Waals surface area contributed by atoms with Gasteiger partial charge in [0.2, 0.25) is 0 Å². The number of carbonyl (C=O) groups is 2. The van der Waals surface area contributed by atoms with Crippen molar-refractivity contribution in [2.24, 2.45) is 0 Å². The smallest absolute Gasteiger partial charge is 0.144 e. The molecule has 0 bridgehead atoms. The molecule has 0 aliphatic heterocycles. The Kier molecular flexibility index (Phi) is 6.54. The van der Waals surface area contributed by atoms with Crippen LogP contribution in [-0.2, 0) is 9.59 Å². The summed E-state index contributed by atoms with van der Waals surface area (Å²) in [5.74, 6) is 0. The molecule has 2 nitrogen and oxygen atoms in total. The predicted octanol–water partition coefficient (Wildman–Crippen LogP) is 2.69. The quantitative estimate of drug-likeness (QED) is 0.260. The molecule has 3 heteroatoms. The molecule has 0 rings (SSSR count). The van der Waals surface area contributed by atoms with Gasteiger partial charge < -0.3 is 9.59 Å². The summed E-state index contributed by atoms with van der Waals surface area (Å²) in [6, 6.07) is 2.08. The Balaban J connectivity index is 4.96. The molecular formula is C12H18O2Si. The Morgan fingerprint density at radius 2 is 1.40 bits per heavy atom. The van der Waals surface area contributed by atoms with Crippen molar-refractivity contribution in [2.75, 3.05) is 0 Å². The van der Waals surface area contributed by atoms with E-state index in [1.165, 1.54) is 0 Å². The lowest BCUT2D eigenvalue weighted by atomic mass is 10.5. The molecule has 0 spiro atoms. The van der Waals surface area contributed by atoms with Crippen LogP contribution in [0.4, 0.5) is 0 Å². The van der Waals surface area contributed by atoms with Crippen LogP contribution in [0.3, 0.4) is 0 Å². The van der Waals surface area contributed by atoms with Crippen LogP contribution in [0.5, 0.6) is 0 Å². The van der Waals surface area contributed by atoms with Crippen LogP contribution in [0.1, 0.15) is 6.42 Å². The van der Waals surface area contributed by atoms with Crippen LogP contribution in [0.25, 0.3) is 0 Å². The highest BCUT2D eigenvalue weighted by molar-refractivity contribution is 7.07. The van der Waals surface area contributed by atoms with E-state index in [1.54, 1.807) is 18.2 Å². The van der Waals surface area contributed by atoms with Gasteiger partial charge in [0.1, 0.15) is 19.8 Å². The van der Waals surface area contributed by atoms with Crippen molar-refractivity contribution in [1.82, 2.24) is 0 Å². The second kappa shape index (κ2) is 7.12. The average Bonchev–Trinajstić information content (AvgIpc) is 2.19. The Labute approximate surface area is 92.4 Å². The Morgan fingerprint density at radius 3 is 1.67 bits per heavy atom. The normalized spacial score (nSPS) is 10.4. The number of rotatable bonds is 9. The first kappa shape index (κ1) is 13.8. The number of hydrogen-bond acceptors (Lipinski definition) is 2. The molecule has 0 heterocycles. The van der Waals surface area contributed by atoms with E-state index < -0.39 is 8.07 Å². The number of hydrogen-bond donors (Lipinski definition) is 0. The zero-order valence-electron chi connectivity index (χ0n) is 9.08. The summed E-state index contributed by atoms with van der Waals surface area (Å²) < 4.78 is 0. The van der Waals surface area contributed by atoms with Gasteiger partial charge in [-0.15, -0.1) is 19.7 Å². The monoisotopic (exact) mass is 222 g/mol. The van der Waals surface area contributed by atoms with E-state index in [0.29, 0.717) is 24.4 Å². The van der Waals surface area contributed by atoms with E-state index in [9.17, 15) is 9.59 Å². The van der Waals surface area contributed by atoms with Crippen molar-refractivity contribution < 1.29 is 9.59 Å². The van der Waals surface area contributed by atoms with Crippen LogP contribution in [0.15, 0.2) is 38.0 Å². The predicted molar refractivity (Wildman–Crippen MR) is 66.5 cm³/mol. The lowest BCUT2D eigenvalue weighted by Crippen LogP contribution is -2.42. The van der Waals surface area contributed by atoms with Gasteiger partial charge in [-0.05, 0) is 18.1 Å². The highest BCUT2D eigenvalue weighted by Gasteiger charge is 2.36. The van der Waals surface area contributed by atoms with Gasteiger partial charge in [0.15, 0.2) is 0 Å². The van der Waals surface area contributed by atoms with Gasteiger partial charge in [0, 0.05) is 0 Å². The largest absolute Gasteiger partial charge is 0.305 e. The van der Waals surface area contributed by atoms with Gasteiger partial charge in [-0.3, -0.25) is 0 Å². The lowest BCUT2D eigenvalue weighted by Gasteiger charge is -2.25. The fourth-order valence-corrected chi connectivity index (χ4v) is 5.07. The summed E-state index contributed by atoms with van der Waals surface area (Å²) in [4.78, 5) is 22.3. The maximum absolute atomic E-state index is 11.9. The molecule has 0 fully saturated rings. The fourth-order valence-electron chi connectivity index (χ4n) is 1.71. The minimum Gasteiger partial charge on any atom is -0.305 e. The summed E-state index contributed by atoms with van der Waals surface area (Å²) >= 11 is 0. The van der Waals surface area contributed by atoms with E-state index >= 15 is 0 Å². The minimum absolute atomic E-state index is 0.0156. The molecule has 0 unspecified atom stereocenters. The summed E-state index contributed by atoms with van der Waals surface area (Å²) in [6.45, 7) is 11.0. The van der Waals surface area contributed by atoms with Gasteiger partial charge in [-0.1, -0.05) is 18.2 Å². The average molecular weight is 222 g/mol. The van der Waals surface area contributed by atoms with Gasteiger partial charge in [0.05, 0.1) is 6.42 Å². The van der Waals surface area contributed by atoms with Crippen molar-refractivity contribution in [3.63, 3.8) is 0 Å². The molecule has 0 aromatic carbocycles. The molecule has 0 N–H and O–H groups in total. The van der Waals surface area contributed by atoms with Crippen LogP contribution >= 0.6 is 0 Å². The van der Waals surface area contributed by atoms with Gasteiger partial charge in [-0.25, -0.2) is 0 Å². The third-order valence-electron chi connectivity index (χ3n) is 2.47. The molecule has 0 aliphatic rings. The maximum Gasteiger partial charge on any atom is 0.144 e. The Bertz CT molecular complexity index is 242. The summed E-state index contributed by atoms with van der Waals surface area (Å²) in [7, 11) is -2.14. The van der Waals surface area contributed by atoms with Crippen LogP contribution in [-0.4, -0.2) is 19.8 Å². The molecule has 0 aliphatic carbocycles. The van der Waals surface area contributed by atoms with Crippen LogP contribution in [0, 0.1) is 0 Å². The van der Waals surface area contributed by atoms with E-state index in [0.717, 1.165) is 0 Å². The lowest BCUT2D eigenvalue weighted by molar-refractivity contribution is -0.117. The van der Waals surface area contributed by atoms with Crippen molar-refractivity contribution in [3.8, 4) is 0 Å². The topological polar surface area (TPSA) is 34.1 Å². The van der Waals surface area contributed by atoms with E-state index in [4.69, 9.17) is 0 Å². The molecule has 0 aromatic rings. The zero-order chi connectivity index (χ0) is 11.7. The molecule has 0 radical (unpaired) electrons. The van der Waals surface area contributed by atoms with E-state index in [1.807, 2.05) is 0 Å². The van der Waals surface area contributed by atoms with Gasteiger partial charge in [-0.2, -0.15) is 0 Å². The second-order valence-electron chi connectivity index (χ2n) is 3.55. The molecule has 15 heavy (non-hydrogen) atoms. The standard InChI is InChI=1S/C12H18O2Si/c1-4-9-15(10-5-2,11-6-3)12(14)7-8-13/h4-6,8H,1-3,7,9-11H2. The first-order valence-electron chi connectivity index (χ1n) is 4.96. The number of allylic oxidation sites excluding steroid dienone is 3. The molecular weight excluding hydrogens is 204 g/mol. The number of carbonyl (C=O) groups excluding carboxylic acids is 2. The number of aldehydes is 1. The summed E-state index contributed by atoms with van der Waals surface area (Å²) in [5.41, 5.74) is 0. The first-order valence-corrected chi connectivity index (χ1v) is 7.58. The minimum atomic E-state index is -2.14. The van der Waals surface area contributed by atoms with Crippen molar-refractivity contribution in [3.05, 3.63) is 38.0 Å². The molecule has 0 amide bonds. The molecule has 0 aromatic heterocycles. The molecule has 82 valence electrons. The molecule has 0 atom stereocenters. The highest BCUT2D eigenvalue weighted by atomic mass is 28.3. The van der Waals surface area contributed by atoms with Crippen molar-refractivity contribution in [2.45, 2.75) is 24.6 Å². The van der Waals surface area contributed by atoms with Crippen molar-refractivity contribution in [1.29, 1.82) is 0 Å². The first-order chi connectivity index (χ1) is 7.16.